The summed E-state index contributed by atoms with van der Waals surface area (Å²) in [6.45, 7) is 4.27. The zero-order chi connectivity index (χ0) is 13.5. The van der Waals surface area contributed by atoms with Gasteiger partial charge in [0.05, 0.1) is 15.6 Å². The first-order valence-corrected chi connectivity index (χ1v) is 7.26. The largest absolute Gasteiger partial charge is 0.293 e. The predicted octanol–water partition coefficient (Wildman–Crippen LogP) is 3.28. The van der Waals surface area contributed by atoms with E-state index in [0.717, 1.165) is 34.0 Å². The molecule has 3 rings (SSSR count). The van der Waals surface area contributed by atoms with Gasteiger partial charge in [-0.05, 0) is 23.5 Å². The van der Waals surface area contributed by atoms with Gasteiger partial charge in [-0.25, -0.2) is 4.98 Å². The molecule has 0 unspecified atom stereocenters. The first-order chi connectivity index (χ1) is 9.03. The van der Waals surface area contributed by atoms with E-state index in [4.69, 9.17) is 0 Å². The summed E-state index contributed by atoms with van der Waals surface area (Å²) in [5.41, 5.74) is 2.18. The standard InChI is InChI=1S/C15H16N2OS/c1-15(2)7-11-14(12(18)8-15)19-13(17-11)6-10-4-3-5-16-9-10/h3-5,9H,6-8H2,1-2H3. The molecule has 0 spiro atoms. The van der Waals surface area contributed by atoms with E-state index < -0.39 is 0 Å². The van der Waals surface area contributed by atoms with Crippen molar-refractivity contribution in [1.82, 2.24) is 9.97 Å². The Morgan fingerprint density at radius 1 is 1.37 bits per heavy atom. The fourth-order valence-electron chi connectivity index (χ4n) is 2.52. The van der Waals surface area contributed by atoms with Crippen LogP contribution in [0, 0.1) is 5.41 Å². The van der Waals surface area contributed by atoms with Crippen LogP contribution in [0.5, 0.6) is 0 Å². The highest BCUT2D eigenvalue weighted by atomic mass is 32.1. The Kier molecular flexibility index (Phi) is 2.97. The minimum absolute atomic E-state index is 0.0454. The molecule has 0 N–H and O–H groups in total. The SMILES string of the molecule is CC1(C)CC(=O)c2sc(Cc3cccnc3)nc2C1. The van der Waals surface area contributed by atoms with Gasteiger partial charge in [-0.3, -0.25) is 9.78 Å². The fraction of sp³-hybridized carbons (Fsp3) is 0.400. The van der Waals surface area contributed by atoms with Crippen molar-refractivity contribution in [3.05, 3.63) is 45.7 Å². The highest BCUT2D eigenvalue weighted by molar-refractivity contribution is 7.13. The maximum Gasteiger partial charge on any atom is 0.175 e. The molecule has 1 aliphatic carbocycles. The van der Waals surface area contributed by atoms with Crippen LogP contribution in [0.25, 0.3) is 0 Å². The number of fused-ring (bicyclic) bond motifs is 1. The fourth-order valence-corrected chi connectivity index (χ4v) is 3.57. The van der Waals surface area contributed by atoms with E-state index in [0.29, 0.717) is 6.42 Å². The number of nitrogens with zero attached hydrogens (tertiary/aromatic N) is 2. The summed E-state index contributed by atoms with van der Waals surface area (Å²) in [6.07, 6.45) is 5.92. The van der Waals surface area contributed by atoms with Gasteiger partial charge in [0.2, 0.25) is 0 Å². The van der Waals surface area contributed by atoms with Crippen molar-refractivity contribution in [2.75, 3.05) is 0 Å². The van der Waals surface area contributed by atoms with E-state index >= 15 is 0 Å². The lowest BCUT2D eigenvalue weighted by Crippen LogP contribution is -2.26. The van der Waals surface area contributed by atoms with E-state index in [1.165, 1.54) is 0 Å². The molecule has 0 bridgehead atoms. The van der Waals surface area contributed by atoms with Gasteiger partial charge in [0.25, 0.3) is 0 Å². The summed E-state index contributed by atoms with van der Waals surface area (Å²) in [4.78, 5) is 21.8. The normalized spacial score (nSPS) is 17.3. The molecule has 1 aliphatic rings. The maximum atomic E-state index is 12.1. The summed E-state index contributed by atoms with van der Waals surface area (Å²) in [5.74, 6) is 0.251. The number of rotatable bonds is 2. The average Bonchev–Trinajstić information content (AvgIpc) is 2.71. The average molecular weight is 272 g/mol. The van der Waals surface area contributed by atoms with Gasteiger partial charge in [0.15, 0.2) is 5.78 Å². The van der Waals surface area contributed by atoms with Crippen LogP contribution in [-0.4, -0.2) is 15.8 Å². The first kappa shape index (κ1) is 12.5. The number of carbonyl (C=O) groups excluding carboxylic acids is 1. The van der Waals surface area contributed by atoms with Gasteiger partial charge in [-0.1, -0.05) is 19.9 Å². The molecule has 98 valence electrons. The van der Waals surface area contributed by atoms with E-state index in [9.17, 15) is 4.79 Å². The molecule has 3 nitrogen and oxygen atoms in total. The Balaban J connectivity index is 1.89. The highest BCUT2D eigenvalue weighted by Crippen LogP contribution is 2.37. The summed E-state index contributed by atoms with van der Waals surface area (Å²) in [7, 11) is 0. The molecule has 0 saturated heterocycles. The zero-order valence-electron chi connectivity index (χ0n) is 11.1. The summed E-state index contributed by atoms with van der Waals surface area (Å²) >= 11 is 1.55. The van der Waals surface area contributed by atoms with Gasteiger partial charge in [-0.15, -0.1) is 11.3 Å². The molecule has 0 atom stereocenters. The van der Waals surface area contributed by atoms with E-state index in [2.05, 4.69) is 23.8 Å². The first-order valence-electron chi connectivity index (χ1n) is 6.44. The van der Waals surface area contributed by atoms with Gasteiger partial charge in [-0.2, -0.15) is 0 Å². The Bertz CT molecular complexity index is 616. The zero-order valence-corrected chi connectivity index (χ0v) is 12.0. The Morgan fingerprint density at radius 2 is 2.21 bits per heavy atom. The minimum atomic E-state index is 0.0454. The summed E-state index contributed by atoms with van der Waals surface area (Å²) < 4.78 is 0. The van der Waals surface area contributed by atoms with Crippen molar-refractivity contribution in [3.8, 4) is 0 Å². The van der Waals surface area contributed by atoms with Crippen LogP contribution in [0.15, 0.2) is 24.5 Å². The molecular formula is C15H16N2OS. The van der Waals surface area contributed by atoms with E-state index in [-0.39, 0.29) is 11.2 Å². The minimum Gasteiger partial charge on any atom is -0.293 e. The second-order valence-electron chi connectivity index (χ2n) is 5.86. The number of aromatic nitrogens is 2. The maximum absolute atomic E-state index is 12.1. The van der Waals surface area contributed by atoms with Crippen LogP contribution in [-0.2, 0) is 12.8 Å². The van der Waals surface area contributed by atoms with Crippen LogP contribution >= 0.6 is 11.3 Å². The second kappa shape index (κ2) is 4.53. The second-order valence-corrected chi connectivity index (χ2v) is 6.95. The van der Waals surface area contributed by atoms with Crippen molar-refractivity contribution < 1.29 is 4.79 Å². The summed E-state index contributed by atoms with van der Waals surface area (Å²) in [5, 5.41) is 1.02. The van der Waals surface area contributed by atoms with E-state index in [1.807, 2.05) is 18.3 Å². The Morgan fingerprint density at radius 3 is 2.95 bits per heavy atom. The van der Waals surface area contributed by atoms with Gasteiger partial charge in [0.1, 0.15) is 0 Å². The lowest BCUT2D eigenvalue weighted by Gasteiger charge is -2.26. The molecule has 2 aromatic heterocycles. The van der Waals surface area contributed by atoms with Gasteiger partial charge in [0, 0.05) is 25.2 Å². The van der Waals surface area contributed by atoms with Crippen LogP contribution in [0.2, 0.25) is 0 Å². The van der Waals surface area contributed by atoms with Crippen LogP contribution < -0.4 is 0 Å². The van der Waals surface area contributed by atoms with Crippen molar-refractivity contribution in [1.29, 1.82) is 0 Å². The van der Waals surface area contributed by atoms with Crippen molar-refractivity contribution >= 4 is 17.1 Å². The van der Waals surface area contributed by atoms with Crippen molar-refractivity contribution in [3.63, 3.8) is 0 Å². The molecule has 0 aromatic carbocycles. The van der Waals surface area contributed by atoms with Gasteiger partial charge >= 0.3 is 0 Å². The summed E-state index contributed by atoms with van der Waals surface area (Å²) in [6, 6.07) is 3.97. The monoisotopic (exact) mass is 272 g/mol. The molecule has 2 heterocycles. The third kappa shape index (κ3) is 2.59. The highest BCUT2D eigenvalue weighted by Gasteiger charge is 2.33. The number of hydrogen-bond donors (Lipinski definition) is 0. The van der Waals surface area contributed by atoms with Crippen molar-refractivity contribution in [2.45, 2.75) is 33.1 Å². The molecule has 0 aliphatic heterocycles. The topological polar surface area (TPSA) is 42.9 Å². The molecule has 2 aromatic rings. The molecule has 4 heteroatoms. The van der Waals surface area contributed by atoms with Crippen LogP contribution in [0.1, 0.15) is 46.2 Å². The molecule has 0 saturated carbocycles. The van der Waals surface area contributed by atoms with Gasteiger partial charge < -0.3 is 0 Å². The smallest absolute Gasteiger partial charge is 0.175 e. The Labute approximate surface area is 116 Å². The third-order valence-corrected chi connectivity index (χ3v) is 4.50. The molecule has 19 heavy (non-hydrogen) atoms. The lowest BCUT2D eigenvalue weighted by atomic mass is 9.78. The predicted molar refractivity (Wildman–Crippen MR) is 75.6 cm³/mol. The molecule has 0 radical (unpaired) electrons. The molecular weight excluding hydrogens is 256 g/mol. The number of ketones is 1. The molecule has 0 fully saturated rings. The van der Waals surface area contributed by atoms with Crippen LogP contribution in [0.4, 0.5) is 0 Å². The van der Waals surface area contributed by atoms with E-state index in [1.54, 1.807) is 17.5 Å². The Hall–Kier alpha value is -1.55. The van der Waals surface area contributed by atoms with Crippen molar-refractivity contribution in [2.24, 2.45) is 5.41 Å². The number of pyridine rings is 1. The number of thiazole rings is 1. The van der Waals surface area contributed by atoms with Crippen LogP contribution in [0.3, 0.4) is 0 Å². The number of carbonyl (C=O) groups is 1. The number of hydrogen-bond acceptors (Lipinski definition) is 4. The quantitative estimate of drug-likeness (QED) is 0.842. The third-order valence-electron chi connectivity index (χ3n) is 3.36. The number of Topliss-reactive ketones (excluding diaryl/α,β-unsaturated/α-hetero) is 1. The lowest BCUT2D eigenvalue weighted by molar-refractivity contribution is 0.0916. The molecule has 0 amide bonds.